The van der Waals surface area contributed by atoms with Crippen LogP contribution in [0.15, 0.2) is 28.7 Å². The Morgan fingerprint density at radius 2 is 1.76 bits per heavy atom. The van der Waals surface area contributed by atoms with Gasteiger partial charge in [-0.2, -0.15) is 0 Å². The summed E-state index contributed by atoms with van der Waals surface area (Å²) >= 11 is 3.50. The lowest BCUT2D eigenvalue weighted by Gasteiger charge is -2.35. The van der Waals surface area contributed by atoms with Crippen LogP contribution in [0.2, 0.25) is 0 Å². The summed E-state index contributed by atoms with van der Waals surface area (Å²) in [6.07, 6.45) is 2.55. The van der Waals surface area contributed by atoms with Crippen molar-refractivity contribution >= 4 is 15.9 Å². The standard InChI is InChI=1S/C14H21BrN2/c1-17(2)14(12-7-9-16-10-8-12)11-3-5-13(15)6-4-11/h3-6,12,14,16H,7-10H2,1-2H3. The maximum absolute atomic E-state index is 3.50. The lowest BCUT2D eigenvalue weighted by molar-refractivity contribution is 0.177. The van der Waals surface area contributed by atoms with Crippen molar-refractivity contribution in [2.24, 2.45) is 5.92 Å². The predicted molar refractivity (Wildman–Crippen MR) is 76.2 cm³/mol. The van der Waals surface area contributed by atoms with Gasteiger partial charge in [-0.05, 0) is 63.6 Å². The molecule has 0 aliphatic carbocycles. The Labute approximate surface area is 113 Å². The van der Waals surface area contributed by atoms with E-state index in [1.54, 1.807) is 0 Å². The van der Waals surface area contributed by atoms with Gasteiger partial charge in [0.05, 0.1) is 0 Å². The van der Waals surface area contributed by atoms with E-state index in [4.69, 9.17) is 0 Å². The third kappa shape index (κ3) is 3.30. The first kappa shape index (κ1) is 13.1. The third-order valence-electron chi connectivity index (χ3n) is 3.60. The molecule has 3 heteroatoms. The Kier molecular flexibility index (Phi) is 4.60. The first-order chi connectivity index (χ1) is 8.18. The second-order valence-corrected chi connectivity index (χ2v) is 5.96. The molecular weight excluding hydrogens is 276 g/mol. The highest BCUT2D eigenvalue weighted by molar-refractivity contribution is 9.10. The van der Waals surface area contributed by atoms with Gasteiger partial charge in [0, 0.05) is 10.5 Å². The van der Waals surface area contributed by atoms with Crippen LogP contribution in [0.25, 0.3) is 0 Å². The molecule has 1 aliphatic rings. The van der Waals surface area contributed by atoms with E-state index < -0.39 is 0 Å². The normalized spacial score (nSPS) is 19.5. The average molecular weight is 297 g/mol. The fourth-order valence-electron chi connectivity index (χ4n) is 2.81. The molecular formula is C14H21BrN2. The Hall–Kier alpha value is -0.380. The predicted octanol–water partition coefficient (Wildman–Crippen LogP) is 3.05. The monoisotopic (exact) mass is 296 g/mol. The highest BCUT2D eigenvalue weighted by Gasteiger charge is 2.26. The average Bonchev–Trinajstić information content (AvgIpc) is 2.33. The molecule has 0 radical (unpaired) electrons. The van der Waals surface area contributed by atoms with E-state index in [0.29, 0.717) is 6.04 Å². The first-order valence-corrected chi connectivity index (χ1v) is 7.10. The molecule has 17 heavy (non-hydrogen) atoms. The summed E-state index contributed by atoms with van der Waals surface area (Å²) in [5.74, 6) is 0.771. The maximum Gasteiger partial charge on any atom is 0.0371 e. The summed E-state index contributed by atoms with van der Waals surface area (Å²) in [4.78, 5) is 2.36. The number of halogens is 1. The van der Waals surface area contributed by atoms with E-state index in [1.807, 2.05) is 0 Å². The van der Waals surface area contributed by atoms with E-state index in [2.05, 4.69) is 64.5 Å². The van der Waals surface area contributed by atoms with Gasteiger partial charge in [0.15, 0.2) is 0 Å². The van der Waals surface area contributed by atoms with Crippen LogP contribution in [0.5, 0.6) is 0 Å². The zero-order valence-corrected chi connectivity index (χ0v) is 12.2. The van der Waals surface area contributed by atoms with Crippen LogP contribution in [0, 0.1) is 5.92 Å². The number of nitrogens with zero attached hydrogens (tertiary/aromatic N) is 1. The highest BCUT2D eigenvalue weighted by atomic mass is 79.9. The molecule has 1 fully saturated rings. The summed E-state index contributed by atoms with van der Waals surface area (Å²) in [5.41, 5.74) is 1.44. The summed E-state index contributed by atoms with van der Waals surface area (Å²) in [5, 5.41) is 3.44. The number of piperidine rings is 1. The highest BCUT2D eigenvalue weighted by Crippen LogP contribution is 2.33. The molecule has 0 spiro atoms. The number of nitrogens with one attached hydrogen (secondary N) is 1. The number of benzene rings is 1. The van der Waals surface area contributed by atoms with E-state index in [-0.39, 0.29) is 0 Å². The SMILES string of the molecule is CN(C)C(c1ccc(Br)cc1)C1CCNCC1. The van der Waals surface area contributed by atoms with Gasteiger partial charge >= 0.3 is 0 Å². The molecule has 0 bridgehead atoms. The molecule has 2 rings (SSSR count). The Balaban J connectivity index is 2.18. The van der Waals surface area contributed by atoms with Crippen LogP contribution in [0.1, 0.15) is 24.4 Å². The van der Waals surface area contributed by atoms with Gasteiger partial charge in [-0.15, -0.1) is 0 Å². The summed E-state index contributed by atoms with van der Waals surface area (Å²) in [6.45, 7) is 2.32. The molecule has 0 amide bonds. The van der Waals surface area contributed by atoms with Crippen LogP contribution in [-0.4, -0.2) is 32.1 Å². The van der Waals surface area contributed by atoms with Gasteiger partial charge in [-0.1, -0.05) is 28.1 Å². The number of hydrogen-bond donors (Lipinski definition) is 1. The summed E-state index contributed by atoms with van der Waals surface area (Å²) in [7, 11) is 4.38. The van der Waals surface area contributed by atoms with Crippen LogP contribution in [-0.2, 0) is 0 Å². The van der Waals surface area contributed by atoms with Gasteiger partial charge in [0.2, 0.25) is 0 Å². The van der Waals surface area contributed by atoms with Gasteiger partial charge in [0.1, 0.15) is 0 Å². The number of hydrogen-bond acceptors (Lipinski definition) is 2. The van der Waals surface area contributed by atoms with Gasteiger partial charge < -0.3 is 10.2 Å². The smallest absolute Gasteiger partial charge is 0.0371 e. The van der Waals surface area contributed by atoms with Crippen molar-refractivity contribution in [1.82, 2.24) is 10.2 Å². The van der Waals surface area contributed by atoms with Crippen molar-refractivity contribution in [3.63, 3.8) is 0 Å². The zero-order valence-electron chi connectivity index (χ0n) is 10.6. The summed E-state index contributed by atoms with van der Waals surface area (Å²) < 4.78 is 1.16. The largest absolute Gasteiger partial charge is 0.317 e. The Bertz CT molecular complexity index is 342. The van der Waals surface area contributed by atoms with Gasteiger partial charge in [-0.25, -0.2) is 0 Å². The molecule has 94 valence electrons. The molecule has 0 saturated carbocycles. The van der Waals surface area contributed by atoms with Gasteiger partial charge in [-0.3, -0.25) is 0 Å². The second-order valence-electron chi connectivity index (χ2n) is 5.05. The fourth-order valence-corrected chi connectivity index (χ4v) is 3.08. The third-order valence-corrected chi connectivity index (χ3v) is 4.13. The molecule has 1 atom stereocenters. The van der Waals surface area contributed by atoms with Crippen LogP contribution in [0.3, 0.4) is 0 Å². The lowest BCUT2D eigenvalue weighted by Crippen LogP contribution is -2.35. The first-order valence-electron chi connectivity index (χ1n) is 6.31. The molecule has 1 heterocycles. The number of rotatable bonds is 3. The molecule has 1 unspecified atom stereocenters. The van der Waals surface area contributed by atoms with Crippen molar-refractivity contribution in [2.45, 2.75) is 18.9 Å². The minimum Gasteiger partial charge on any atom is -0.317 e. The minimum atomic E-state index is 0.546. The van der Waals surface area contributed by atoms with Crippen molar-refractivity contribution < 1.29 is 0 Å². The van der Waals surface area contributed by atoms with E-state index in [9.17, 15) is 0 Å². The molecule has 1 N–H and O–H groups in total. The van der Waals surface area contributed by atoms with Crippen molar-refractivity contribution in [3.05, 3.63) is 34.3 Å². The van der Waals surface area contributed by atoms with Crippen LogP contribution < -0.4 is 5.32 Å². The van der Waals surface area contributed by atoms with Crippen molar-refractivity contribution in [3.8, 4) is 0 Å². The minimum absolute atomic E-state index is 0.546. The molecule has 1 aromatic carbocycles. The van der Waals surface area contributed by atoms with Gasteiger partial charge in [0.25, 0.3) is 0 Å². The quantitative estimate of drug-likeness (QED) is 0.922. The van der Waals surface area contributed by atoms with E-state index >= 15 is 0 Å². The van der Waals surface area contributed by atoms with E-state index in [0.717, 1.165) is 23.5 Å². The molecule has 1 aliphatic heterocycles. The van der Waals surface area contributed by atoms with Crippen molar-refractivity contribution in [1.29, 1.82) is 0 Å². The summed E-state index contributed by atoms with van der Waals surface area (Å²) in [6, 6.07) is 9.33. The molecule has 1 saturated heterocycles. The fraction of sp³-hybridized carbons (Fsp3) is 0.571. The Morgan fingerprint density at radius 1 is 1.18 bits per heavy atom. The van der Waals surface area contributed by atoms with Crippen molar-refractivity contribution in [2.75, 3.05) is 27.2 Å². The molecule has 1 aromatic rings. The van der Waals surface area contributed by atoms with Crippen LogP contribution in [0.4, 0.5) is 0 Å². The molecule has 0 aromatic heterocycles. The van der Waals surface area contributed by atoms with Crippen LogP contribution >= 0.6 is 15.9 Å². The maximum atomic E-state index is 3.50. The molecule has 2 nitrogen and oxygen atoms in total. The lowest BCUT2D eigenvalue weighted by atomic mass is 9.85. The zero-order chi connectivity index (χ0) is 12.3. The second kappa shape index (κ2) is 5.98. The topological polar surface area (TPSA) is 15.3 Å². The van der Waals surface area contributed by atoms with E-state index in [1.165, 1.54) is 18.4 Å². The Morgan fingerprint density at radius 3 is 2.29 bits per heavy atom.